The number of hydrogen-bond donors (Lipinski definition) is 2. The van der Waals surface area contributed by atoms with Gasteiger partial charge in [0, 0.05) is 44.0 Å². The SMILES string of the molecule is CCCCCCCCCC(=O)Nc1ccc(N2CCC(C)CC2)c(C(=O)NCC2CCCO2)c1. The molecule has 0 saturated carbocycles. The fourth-order valence-electron chi connectivity index (χ4n) is 4.89. The first-order valence-corrected chi connectivity index (χ1v) is 13.7. The van der Waals surface area contributed by atoms with Crippen molar-refractivity contribution in [2.45, 2.75) is 97.0 Å². The van der Waals surface area contributed by atoms with Crippen molar-refractivity contribution < 1.29 is 14.3 Å². The van der Waals surface area contributed by atoms with Gasteiger partial charge in [-0.25, -0.2) is 0 Å². The van der Waals surface area contributed by atoms with E-state index in [-0.39, 0.29) is 17.9 Å². The molecule has 0 bridgehead atoms. The number of benzene rings is 1. The molecule has 2 saturated heterocycles. The largest absolute Gasteiger partial charge is 0.376 e. The zero-order valence-corrected chi connectivity index (χ0v) is 21.4. The van der Waals surface area contributed by atoms with Crippen LogP contribution in [0.15, 0.2) is 18.2 Å². The first-order valence-electron chi connectivity index (χ1n) is 13.7. The highest BCUT2D eigenvalue weighted by Gasteiger charge is 2.23. The van der Waals surface area contributed by atoms with E-state index in [2.05, 4.69) is 29.4 Å². The van der Waals surface area contributed by atoms with Crippen LogP contribution in [0.2, 0.25) is 0 Å². The molecule has 2 fully saturated rings. The third kappa shape index (κ3) is 8.61. The second-order valence-corrected chi connectivity index (χ2v) is 10.2. The summed E-state index contributed by atoms with van der Waals surface area (Å²) in [4.78, 5) is 28.0. The van der Waals surface area contributed by atoms with E-state index in [1.54, 1.807) is 0 Å². The standard InChI is InChI=1S/C28H45N3O3/c1-3-4-5-6-7-8-9-12-27(32)30-23-13-14-26(31-17-15-22(2)16-18-31)25(20-23)28(33)29-21-24-11-10-19-34-24/h13-14,20,22,24H,3-12,15-19,21H2,1-2H3,(H,29,33)(H,30,32). The van der Waals surface area contributed by atoms with E-state index in [4.69, 9.17) is 4.74 Å². The third-order valence-corrected chi connectivity index (χ3v) is 7.17. The predicted octanol–water partition coefficient (Wildman–Crippen LogP) is 5.91. The molecule has 1 unspecified atom stereocenters. The highest BCUT2D eigenvalue weighted by molar-refractivity contribution is 6.02. The minimum absolute atomic E-state index is 0.0267. The summed E-state index contributed by atoms with van der Waals surface area (Å²) >= 11 is 0. The minimum Gasteiger partial charge on any atom is -0.376 e. The highest BCUT2D eigenvalue weighted by Crippen LogP contribution is 2.29. The van der Waals surface area contributed by atoms with Gasteiger partial charge < -0.3 is 20.3 Å². The third-order valence-electron chi connectivity index (χ3n) is 7.17. The number of amides is 2. The van der Waals surface area contributed by atoms with Gasteiger partial charge in [0.2, 0.25) is 5.91 Å². The summed E-state index contributed by atoms with van der Waals surface area (Å²) in [5.74, 6) is 0.657. The van der Waals surface area contributed by atoms with E-state index < -0.39 is 0 Å². The van der Waals surface area contributed by atoms with E-state index in [1.807, 2.05) is 18.2 Å². The fraction of sp³-hybridized carbons (Fsp3) is 0.714. The molecular formula is C28H45N3O3. The van der Waals surface area contributed by atoms with Crippen LogP contribution in [0, 0.1) is 5.92 Å². The Labute approximate surface area is 206 Å². The van der Waals surface area contributed by atoms with Crippen molar-refractivity contribution >= 4 is 23.2 Å². The molecule has 1 aromatic carbocycles. The van der Waals surface area contributed by atoms with Crippen molar-refractivity contribution in [2.75, 3.05) is 36.5 Å². The Hall–Kier alpha value is -2.08. The second kappa shape index (κ2) is 14.3. The summed E-state index contributed by atoms with van der Waals surface area (Å²) in [6.45, 7) is 7.73. The Morgan fingerprint density at radius 3 is 2.47 bits per heavy atom. The Bertz CT molecular complexity index is 768. The van der Waals surface area contributed by atoms with Crippen molar-refractivity contribution in [3.05, 3.63) is 23.8 Å². The van der Waals surface area contributed by atoms with Crippen LogP contribution in [-0.4, -0.2) is 44.2 Å². The maximum Gasteiger partial charge on any atom is 0.253 e. The smallest absolute Gasteiger partial charge is 0.253 e. The van der Waals surface area contributed by atoms with Gasteiger partial charge in [0.15, 0.2) is 0 Å². The fourth-order valence-corrected chi connectivity index (χ4v) is 4.89. The van der Waals surface area contributed by atoms with Crippen LogP contribution in [-0.2, 0) is 9.53 Å². The molecule has 2 heterocycles. The summed E-state index contributed by atoms with van der Waals surface area (Å²) in [6.07, 6.45) is 13.3. The van der Waals surface area contributed by atoms with Crippen LogP contribution >= 0.6 is 0 Å². The lowest BCUT2D eigenvalue weighted by Gasteiger charge is -2.33. The number of ether oxygens (including phenoxy) is 1. The number of nitrogens with zero attached hydrogens (tertiary/aromatic N) is 1. The molecule has 190 valence electrons. The van der Waals surface area contributed by atoms with Gasteiger partial charge in [-0.05, 0) is 56.2 Å². The molecular weight excluding hydrogens is 426 g/mol. The quantitative estimate of drug-likeness (QED) is 0.351. The Kier molecular flexibility index (Phi) is 11.2. The topological polar surface area (TPSA) is 70.7 Å². The lowest BCUT2D eigenvalue weighted by molar-refractivity contribution is -0.116. The van der Waals surface area contributed by atoms with E-state index in [9.17, 15) is 9.59 Å². The number of carbonyl (C=O) groups is 2. The molecule has 0 radical (unpaired) electrons. The monoisotopic (exact) mass is 471 g/mol. The number of anilines is 2. The summed E-state index contributed by atoms with van der Waals surface area (Å²) in [5, 5.41) is 6.09. The zero-order chi connectivity index (χ0) is 24.2. The molecule has 2 aliphatic rings. The molecule has 0 aliphatic carbocycles. The summed E-state index contributed by atoms with van der Waals surface area (Å²) in [6, 6.07) is 5.79. The lowest BCUT2D eigenvalue weighted by Crippen LogP contribution is -2.36. The van der Waals surface area contributed by atoms with Crippen LogP contribution in [0.25, 0.3) is 0 Å². The van der Waals surface area contributed by atoms with E-state index in [0.29, 0.717) is 24.2 Å². The molecule has 1 atom stereocenters. The van der Waals surface area contributed by atoms with Crippen LogP contribution < -0.4 is 15.5 Å². The second-order valence-electron chi connectivity index (χ2n) is 10.2. The van der Waals surface area contributed by atoms with Gasteiger partial charge in [0.1, 0.15) is 0 Å². The molecule has 1 aromatic rings. The average Bonchev–Trinajstić information content (AvgIpc) is 3.36. The first kappa shape index (κ1) is 26.5. The van der Waals surface area contributed by atoms with E-state index >= 15 is 0 Å². The van der Waals surface area contributed by atoms with Gasteiger partial charge in [0.25, 0.3) is 5.91 Å². The van der Waals surface area contributed by atoms with Gasteiger partial charge in [0.05, 0.1) is 11.7 Å². The summed E-state index contributed by atoms with van der Waals surface area (Å²) < 4.78 is 5.67. The van der Waals surface area contributed by atoms with Crippen LogP contribution in [0.3, 0.4) is 0 Å². The summed E-state index contributed by atoms with van der Waals surface area (Å²) in [7, 11) is 0. The molecule has 2 N–H and O–H groups in total. The molecule has 0 aromatic heterocycles. The van der Waals surface area contributed by atoms with Crippen LogP contribution in [0.5, 0.6) is 0 Å². The predicted molar refractivity (Wildman–Crippen MR) is 140 cm³/mol. The van der Waals surface area contributed by atoms with Crippen molar-refractivity contribution in [3.63, 3.8) is 0 Å². The van der Waals surface area contributed by atoms with Gasteiger partial charge in [-0.1, -0.05) is 52.4 Å². The molecule has 6 nitrogen and oxygen atoms in total. The first-order chi connectivity index (χ1) is 16.6. The van der Waals surface area contributed by atoms with Crippen molar-refractivity contribution in [3.8, 4) is 0 Å². The van der Waals surface area contributed by atoms with Crippen LogP contribution in [0.1, 0.15) is 101 Å². The minimum atomic E-state index is -0.0905. The molecule has 6 heteroatoms. The number of hydrogen-bond acceptors (Lipinski definition) is 4. The van der Waals surface area contributed by atoms with Gasteiger partial charge in [-0.3, -0.25) is 9.59 Å². The molecule has 34 heavy (non-hydrogen) atoms. The lowest BCUT2D eigenvalue weighted by atomic mass is 9.97. The molecule has 2 aliphatic heterocycles. The van der Waals surface area contributed by atoms with Crippen molar-refractivity contribution in [2.24, 2.45) is 5.92 Å². The number of unbranched alkanes of at least 4 members (excludes halogenated alkanes) is 6. The normalized spacial score (nSPS) is 18.8. The van der Waals surface area contributed by atoms with Crippen molar-refractivity contribution in [1.82, 2.24) is 5.32 Å². The Morgan fingerprint density at radius 1 is 1.03 bits per heavy atom. The van der Waals surface area contributed by atoms with Gasteiger partial charge >= 0.3 is 0 Å². The summed E-state index contributed by atoms with van der Waals surface area (Å²) in [5.41, 5.74) is 2.30. The maximum atomic E-state index is 13.2. The number of carbonyl (C=O) groups excluding carboxylic acids is 2. The zero-order valence-electron chi connectivity index (χ0n) is 21.4. The molecule has 2 amide bonds. The molecule has 3 rings (SSSR count). The number of nitrogens with one attached hydrogen (secondary N) is 2. The van der Waals surface area contributed by atoms with Crippen LogP contribution in [0.4, 0.5) is 11.4 Å². The number of piperidine rings is 1. The van der Waals surface area contributed by atoms with Gasteiger partial charge in [-0.2, -0.15) is 0 Å². The van der Waals surface area contributed by atoms with E-state index in [0.717, 1.165) is 69.8 Å². The van der Waals surface area contributed by atoms with Crippen molar-refractivity contribution in [1.29, 1.82) is 0 Å². The highest BCUT2D eigenvalue weighted by atomic mass is 16.5. The molecule has 0 spiro atoms. The van der Waals surface area contributed by atoms with E-state index in [1.165, 1.54) is 32.1 Å². The van der Waals surface area contributed by atoms with Gasteiger partial charge in [-0.15, -0.1) is 0 Å². The number of rotatable bonds is 13. The Balaban J connectivity index is 1.58. The average molecular weight is 472 g/mol. The maximum absolute atomic E-state index is 13.2. The Morgan fingerprint density at radius 2 is 1.76 bits per heavy atom.